The van der Waals surface area contributed by atoms with Crippen LogP contribution in [-0.4, -0.2) is 28.0 Å². The SMILES string of the molecule is O=C(NC(Cc1ccoc1)C(=O)O)c1sc(-c2ccccc2)nc1-c1ccccc1. The van der Waals surface area contributed by atoms with Gasteiger partial charge in [-0.05, 0) is 11.6 Å². The molecule has 4 aromatic rings. The van der Waals surface area contributed by atoms with Crippen LogP contribution in [0.1, 0.15) is 15.2 Å². The minimum atomic E-state index is -1.11. The Morgan fingerprint density at radius 2 is 1.67 bits per heavy atom. The first-order valence-electron chi connectivity index (χ1n) is 9.28. The Morgan fingerprint density at radius 1 is 1.00 bits per heavy atom. The zero-order valence-corrected chi connectivity index (χ0v) is 16.6. The third kappa shape index (κ3) is 4.31. The molecule has 2 heterocycles. The number of benzene rings is 2. The number of rotatable bonds is 7. The van der Waals surface area contributed by atoms with Crippen LogP contribution < -0.4 is 5.32 Å². The van der Waals surface area contributed by atoms with Gasteiger partial charge < -0.3 is 14.8 Å². The molecule has 4 rings (SSSR count). The molecule has 0 radical (unpaired) electrons. The van der Waals surface area contributed by atoms with Gasteiger partial charge in [0.05, 0.1) is 18.2 Å². The molecule has 1 unspecified atom stereocenters. The molecule has 7 heteroatoms. The molecular weight excluding hydrogens is 400 g/mol. The highest BCUT2D eigenvalue weighted by atomic mass is 32.1. The van der Waals surface area contributed by atoms with Gasteiger partial charge in [-0.2, -0.15) is 0 Å². The van der Waals surface area contributed by atoms with Crippen LogP contribution in [0, 0.1) is 0 Å². The number of hydrogen-bond donors (Lipinski definition) is 2. The molecule has 0 saturated heterocycles. The van der Waals surface area contributed by atoms with Crippen LogP contribution in [0.3, 0.4) is 0 Å². The molecule has 0 aliphatic rings. The summed E-state index contributed by atoms with van der Waals surface area (Å²) in [7, 11) is 0. The number of carboxylic acid groups (broad SMARTS) is 1. The summed E-state index contributed by atoms with van der Waals surface area (Å²) in [6.45, 7) is 0. The van der Waals surface area contributed by atoms with E-state index in [1.54, 1.807) is 6.07 Å². The highest BCUT2D eigenvalue weighted by Crippen LogP contribution is 2.33. The third-order valence-electron chi connectivity index (χ3n) is 4.52. The molecule has 0 saturated carbocycles. The van der Waals surface area contributed by atoms with E-state index in [1.165, 1.54) is 23.9 Å². The number of aliphatic carboxylic acids is 1. The number of amides is 1. The molecule has 0 bridgehead atoms. The summed E-state index contributed by atoms with van der Waals surface area (Å²) >= 11 is 1.24. The minimum absolute atomic E-state index is 0.128. The van der Waals surface area contributed by atoms with E-state index in [9.17, 15) is 14.7 Å². The number of nitrogens with one attached hydrogen (secondary N) is 1. The van der Waals surface area contributed by atoms with Crippen LogP contribution in [0.25, 0.3) is 21.8 Å². The van der Waals surface area contributed by atoms with Crippen molar-refractivity contribution in [1.29, 1.82) is 0 Å². The number of carbonyl (C=O) groups excluding carboxylic acids is 1. The third-order valence-corrected chi connectivity index (χ3v) is 5.63. The predicted octanol–water partition coefficient (Wildman–Crippen LogP) is 4.50. The molecule has 0 aliphatic heterocycles. The van der Waals surface area contributed by atoms with Crippen LogP contribution >= 0.6 is 11.3 Å². The van der Waals surface area contributed by atoms with Crippen molar-refractivity contribution in [2.45, 2.75) is 12.5 Å². The molecule has 0 spiro atoms. The second-order valence-corrected chi connectivity index (χ2v) is 7.63. The monoisotopic (exact) mass is 418 g/mol. The summed E-state index contributed by atoms with van der Waals surface area (Å²) in [4.78, 5) is 29.9. The maximum absolute atomic E-state index is 13.1. The summed E-state index contributed by atoms with van der Waals surface area (Å²) in [6, 6.07) is 19.6. The van der Waals surface area contributed by atoms with Gasteiger partial charge in [0.25, 0.3) is 5.91 Å². The van der Waals surface area contributed by atoms with E-state index in [0.29, 0.717) is 21.1 Å². The Balaban J connectivity index is 1.68. The Labute approximate surface area is 176 Å². The average molecular weight is 418 g/mol. The van der Waals surface area contributed by atoms with Crippen molar-refractivity contribution in [2.75, 3.05) is 0 Å². The van der Waals surface area contributed by atoms with E-state index in [0.717, 1.165) is 11.1 Å². The summed E-state index contributed by atoms with van der Waals surface area (Å²) in [5, 5.41) is 12.9. The Morgan fingerprint density at radius 3 is 2.27 bits per heavy atom. The quantitative estimate of drug-likeness (QED) is 0.461. The van der Waals surface area contributed by atoms with Crippen molar-refractivity contribution in [2.24, 2.45) is 0 Å². The van der Waals surface area contributed by atoms with Crippen molar-refractivity contribution in [3.63, 3.8) is 0 Å². The van der Waals surface area contributed by atoms with Crippen LogP contribution in [0.5, 0.6) is 0 Å². The van der Waals surface area contributed by atoms with E-state index >= 15 is 0 Å². The van der Waals surface area contributed by atoms with Gasteiger partial charge in [-0.15, -0.1) is 11.3 Å². The molecule has 2 aromatic heterocycles. The standard InChI is InChI=1S/C23H18N2O4S/c26-21(24-18(23(27)28)13-15-11-12-29-14-15)20-19(16-7-3-1-4-8-16)25-22(30-20)17-9-5-2-6-10-17/h1-12,14,18H,13H2,(H,24,26)(H,27,28). The highest BCUT2D eigenvalue weighted by molar-refractivity contribution is 7.17. The summed E-state index contributed by atoms with van der Waals surface area (Å²) in [6.07, 6.45) is 3.07. The number of carboxylic acids is 1. The number of nitrogens with zero attached hydrogens (tertiary/aromatic N) is 1. The molecule has 150 valence electrons. The van der Waals surface area contributed by atoms with Crippen molar-refractivity contribution >= 4 is 23.2 Å². The van der Waals surface area contributed by atoms with Crippen molar-refractivity contribution < 1.29 is 19.1 Å². The largest absolute Gasteiger partial charge is 0.480 e. The molecule has 2 N–H and O–H groups in total. The van der Waals surface area contributed by atoms with Crippen molar-refractivity contribution in [1.82, 2.24) is 10.3 Å². The van der Waals surface area contributed by atoms with Gasteiger partial charge in [-0.1, -0.05) is 60.7 Å². The van der Waals surface area contributed by atoms with E-state index in [4.69, 9.17) is 9.40 Å². The van der Waals surface area contributed by atoms with Gasteiger partial charge >= 0.3 is 5.97 Å². The Hall–Kier alpha value is -3.71. The van der Waals surface area contributed by atoms with Crippen molar-refractivity contribution in [3.05, 3.63) is 89.7 Å². The number of aromatic nitrogens is 1. The van der Waals surface area contributed by atoms with E-state index < -0.39 is 17.9 Å². The first kappa shape index (κ1) is 19.6. The lowest BCUT2D eigenvalue weighted by atomic mass is 10.1. The molecular formula is C23H18N2O4S. The summed E-state index contributed by atoms with van der Waals surface area (Å²) in [5.41, 5.74) is 2.92. The lowest BCUT2D eigenvalue weighted by Crippen LogP contribution is -2.42. The normalized spacial score (nSPS) is 11.7. The fourth-order valence-electron chi connectivity index (χ4n) is 3.04. The molecule has 30 heavy (non-hydrogen) atoms. The topological polar surface area (TPSA) is 92.4 Å². The number of carbonyl (C=O) groups is 2. The predicted molar refractivity (Wildman–Crippen MR) is 114 cm³/mol. The van der Waals surface area contributed by atoms with E-state index in [-0.39, 0.29) is 6.42 Å². The fourth-order valence-corrected chi connectivity index (χ4v) is 4.03. The zero-order chi connectivity index (χ0) is 20.9. The number of thiazole rings is 1. The van der Waals surface area contributed by atoms with Crippen LogP contribution in [-0.2, 0) is 11.2 Å². The zero-order valence-electron chi connectivity index (χ0n) is 15.8. The molecule has 0 aliphatic carbocycles. The van der Waals surface area contributed by atoms with E-state index in [2.05, 4.69) is 5.32 Å². The Bertz CT molecular complexity index is 1140. The molecule has 2 aromatic carbocycles. The van der Waals surface area contributed by atoms with Gasteiger partial charge in [0.2, 0.25) is 0 Å². The number of furan rings is 1. The number of hydrogen-bond acceptors (Lipinski definition) is 5. The van der Waals surface area contributed by atoms with E-state index in [1.807, 2.05) is 60.7 Å². The average Bonchev–Trinajstić information content (AvgIpc) is 3.44. The van der Waals surface area contributed by atoms with Crippen LogP contribution in [0.4, 0.5) is 0 Å². The second-order valence-electron chi connectivity index (χ2n) is 6.63. The summed E-state index contributed by atoms with van der Waals surface area (Å²) < 4.78 is 5.00. The smallest absolute Gasteiger partial charge is 0.326 e. The second kappa shape index (κ2) is 8.75. The van der Waals surface area contributed by atoms with Crippen LogP contribution in [0.2, 0.25) is 0 Å². The first-order chi connectivity index (χ1) is 14.6. The van der Waals surface area contributed by atoms with Gasteiger partial charge in [-0.25, -0.2) is 9.78 Å². The van der Waals surface area contributed by atoms with Crippen molar-refractivity contribution in [3.8, 4) is 21.8 Å². The molecule has 1 amide bonds. The summed E-state index contributed by atoms with van der Waals surface area (Å²) in [5.74, 6) is -1.58. The fraction of sp³-hybridized carbons (Fsp3) is 0.0870. The van der Waals surface area contributed by atoms with Gasteiger partial charge in [0.15, 0.2) is 0 Å². The van der Waals surface area contributed by atoms with Crippen LogP contribution in [0.15, 0.2) is 83.7 Å². The maximum Gasteiger partial charge on any atom is 0.326 e. The minimum Gasteiger partial charge on any atom is -0.480 e. The lowest BCUT2D eigenvalue weighted by Gasteiger charge is -2.13. The maximum atomic E-state index is 13.1. The highest BCUT2D eigenvalue weighted by Gasteiger charge is 2.26. The first-order valence-corrected chi connectivity index (χ1v) is 10.1. The molecule has 0 fully saturated rings. The Kier molecular flexibility index (Phi) is 5.72. The van der Waals surface area contributed by atoms with Gasteiger partial charge in [0, 0.05) is 17.5 Å². The van der Waals surface area contributed by atoms with Gasteiger partial charge in [0.1, 0.15) is 15.9 Å². The molecule has 6 nitrogen and oxygen atoms in total. The van der Waals surface area contributed by atoms with Gasteiger partial charge in [-0.3, -0.25) is 4.79 Å². The molecule has 1 atom stereocenters. The lowest BCUT2D eigenvalue weighted by molar-refractivity contribution is -0.139.